The Morgan fingerprint density at radius 2 is 2.30 bits per heavy atom. The Kier molecular flexibility index (Phi) is 3.63. The van der Waals surface area contributed by atoms with Crippen molar-refractivity contribution in [2.75, 3.05) is 31.8 Å². The number of anilines is 1. The molecule has 1 aromatic rings. The summed E-state index contributed by atoms with van der Waals surface area (Å²) in [6.45, 7) is 1.60. The molecule has 2 heterocycles. The van der Waals surface area contributed by atoms with E-state index in [0.717, 1.165) is 36.4 Å². The summed E-state index contributed by atoms with van der Waals surface area (Å²) in [6.07, 6.45) is 1.94. The van der Waals surface area contributed by atoms with E-state index in [1.807, 2.05) is 17.0 Å². The van der Waals surface area contributed by atoms with Gasteiger partial charge in [-0.25, -0.2) is 0 Å². The number of amides is 1. The number of nitrogens with two attached hydrogens (primary N) is 1. The summed E-state index contributed by atoms with van der Waals surface area (Å²) in [7, 11) is 1.64. The third-order valence-electron chi connectivity index (χ3n) is 4.11. The van der Waals surface area contributed by atoms with E-state index in [1.54, 1.807) is 7.11 Å². The zero-order valence-corrected chi connectivity index (χ0v) is 11.7. The Bertz CT molecular complexity index is 504. The normalized spacial score (nSPS) is 25.4. The Hall–Kier alpha value is -1.59. The summed E-state index contributed by atoms with van der Waals surface area (Å²) in [5, 5.41) is 0. The molecule has 5 heteroatoms. The zero-order valence-electron chi connectivity index (χ0n) is 11.7. The molecule has 1 saturated heterocycles. The maximum absolute atomic E-state index is 12.8. The summed E-state index contributed by atoms with van der Waals surface area (Å²) >= 11 is 0. The van der Waals surface area contributed by atoms with Crippen LogP contribution < -0.4 is 15.4 Å². The van der Waals surface area contributed by atoms with E-state index in [-0.39, 0.29) is 17.9 Å². The molecule has 2 aliphatic heterocycles. The number of ether oxygens (including phenoxy) is 2. The highest BCUT2D eigenvalue weighted by atomic mass is 16.5. The van der Waals surface area contributed by atoms with E-state index in [4.69, 9.17) is 15.2 Å². The van der Waals surface area contributed by atoms with Crippen molar-refractivity contribution in [2.24, 2.45) is 11.7 Å². The Labute approximate surface area is 118 Å². The van der Waals surface area contributed by atoms with Crippen LogP contribution in [-0.2, 0) is 16.0 Å². The Morgan fingerprint density at radius 1 is 1.45 bits per heavy atom. The number of aryl methyl sites for hydroxylation is 1. The first-order chi connectivity index (χ1) is 9.72. The van der Waals surface area contributed by atoms with Gasteiger partial charge in [0, 0.05) is 12.6 Å². The minimum atomic E-state index is -0.245. The van der Waals surface area contributed by atoms with Crippen LogP contribution in [0.4, 0.5) is 5.69 Å². The number of para-hydroxylation sites is 1. The van der Waals surface area contributed by atoms with Gasteiger partial charge in [0.1, 0.15) is 5.75 Å². The summed E-state index contributed by atoms with van der Waals surface area (Å²) in [6, 6.07) is 5.72. The van der Waals surface area contributed by atoms with Gasteiger partial charge in [0.05, 0.1) is 31.9 Å². The Morgan fingerprint density at radius 3 is 3.00 bits per heavy atom. The molecule has 20 heavy (non-hydrogen) atoms. The van der Waals surface area contributed by atoms with Crippen molar-refractivity contribution in [3.05, 3.63) is 23.8 Å². The van der Waals surface area contributed by atoms with Crippen molar-refractivity contribution < 1.29 is 14.3 Å². The fourth-order valence-electron chi connectivity index (χ4n) is 3.03. The molecule has 2 N–H and O–H groups in total. The molecule has 0 bridgehead atoms. The second kappa shape index (κ2) is 5.42. The molecular formula is C15H20N2O3. The van der Waals surface area contributed by atoms with Gasteiger partial charge in [0.2, 0.25) is 5.91 Å². The van der Waals surface area contributed by atoms with E-state index in [9.17, 15) is 4.79 Å². The lowest BCUT2D eigenvalue weighted by Gasteiger charge is -2.33. The SMILES string of the molecule is COc1cccc2c1N(C(=O)C1COCC1N)CCC2. The lowest BCUT2D eigenvalue weighted by Crippen LogP contribution is -2.45. The molecule has 0 saturated carbocycles. The van der Waals surface area contributed by atoms with Crippen LogP contribution in [0.1, 0.15) is 12.0 Å². The number of carbonyl (C=O) groups excluding carboxylic acids is 1. The van der Waals surface area contributed by atoms with Crippen molar-refractivity contribution in [2.45, 2.75) is 18.9 Å². The summed E-state index contributed by atoms with van der Waals surface area (Å²) in [4.78, 5) is 14.6. The van der Waals surface area contributed by atoms with E-state index >= 15 is 0 Å². The minimum Gasteiger partial charge on any atom is -0.495 e. The first kappa shape index (κ1) is 13.4. The van der Waals surface area contributed by atoms with Gasteiger partial charge in [-0.05, 0) is 24.5 Å². The van der Waals surface area contributed by atoms with Gasteiger partial charge in [-0.3, -0.25) is 4.79 Å². The maximum atomic E-state index is 12.8. The first-order valence-electron chi connectivity index (χ1n) is 7.03. The molecule has 2 atom stereocenters. The number of methoxy groups -OCH3 is 1. The smallest absolute Gasteiger partial charge is 0.234 e. The molecule has 0 aliphatic carbocycles. The van der Waals surface area contributed by atoms with Gasteiger partial charge in [0.25, 0.3) is 0 Å². The molecule has 3 rings (SSSR count). The average Bonchev–Trinajstić information content (AvgIpc) is 2.91. The van der Waals surface area contributed by atoms with E-state index in [2.05, 4.69) is 6.07 Å². The summed E-state index contributed by atoms with van der Waals surface area (Å²) in [5.41, 5.74) is 8.04. The monoisotopic (exact) mass is 276 g/mol. The number of hydrogen-bond acceptors (Lipinski definition) is 4. The van der Waals surface area contributed by atoms with Crippen LogP contribution in [0.25, 0.3) is 0 Å². The number of rotatable bonds is 2. The number of fused-ring (bicyclic) bond motifs is 1. The van der Waals surface area contributed by atoms with E-state index < -0.39 is 0 Å². The standard InChI is InChI=1S/C15H20N2O3/c1-19-13-6-2-4-10-5-3-7-17(14(10)13)15(18)11-8-20-9-12(11)16/h2,4,6,11-12H,3,5,7-9,16H2,1H3. The molecule has 1 amide bonds. The largest absolute Gasteiger partial charge is 0.495 e. The number of hydrogen-bond donors (Lipinski definition) is 1. The van der Waals surface area contributed by atoms with Crippen LogP contribution >= 0.6 is 0 Å². The van der Waals surface area contributed by atoms with Crippen LogP contribution in [0.3, 0.4) is 0 Å². The minimum absolute atomic E-state index is 0.0560. The van der Waals surface area contributed by atoms with Gasteiger partial charge >= 0.3 is 0 Å². The molecule has 5 nitrogen and oxygen atoms in total. The second-order valence-electron chi connectivity index (χ2n) is 5.37. The van der Waals surface area contributed by atoms with Gasteiger partial charge in [-0.2, -0.15) is 0 Å². The van der Waals surface area contributed by atoms with Gasteiger partial charge < -0.3 is 20.1 Å². The highest BCUT2D eigenvalue weighted by Gasteiger charge is 2.37. The Balaban J connectivity index is 1.95. The topological polar surface area (TPSA) is 64.8 Å². The molecule has 2 aliphatic rings. The molecule has 108 valence electrons. The third kappa shape index (κ3) is 2.17. The number of nitrogens with zero attached hydrogens (tertiary/aromatic N) is 1. The van der Waals surface area contributed by atoms with Crippen LogP contribution in [0.15, 0.2) is 18.2 Å². The fraction of sp³-hybridized carbons (Fsp3) is 0.533. The number of carbonyl (C=O) groups is 1. The molecule has 0 aromatic heterocycles. The highest BCUT2D eigenvalue weighted by Crippen LogP contribution is 2.37. The van der Waals surface area contributed by atoms with Gasteiger partial charge in [-0.15, -0.1) is 0 Å². The predicted molar refractivity (Wildman–Crippen MR) is 76.0 cm³/mol. The average molecular weight is 276 g/mol. The second-order valence-corrected chi connectivity index (χ2v) is 5.37. The van der Waals surface area contributed by atoms with Crippen LogP contribution in [-0.4, -0.2) is 38.8 Å². The zero-order chi connectivity index (χ0) is 14.1. The number of benzene rings is 1. The molecule has 0 radical (unpaired) electrons. The van der Waals surface area contributed by atoms with Crippen molar-refractivity contribution in [1.82, 2.24) is 0 Å². The molecule has 1 fully saturated rings. The molecular weight excluding hydrogens is 256 g/mol. The molecule has 2 unspecified atom stereocenters. The fourth-order valence-corrected chi connectivity index (χ4v) is 3.03. The van der Waals surface area contributed by atoms with Crippen LogP contribution in [0.2, 0.25) is 0 Å². The first-order valence-corrected chi connectivity index (χ1v) is 7.03. The van der Waals surface area contributed by atoms with Crippen molar-refractivity contribution in [1.29, 1.82) is 0 Å². The van der Waals surface area contributed by atoms with Gasteiger partial charge in [-0.1, -0.05) is 12.1 Å². The van der Waals surface area contributed by atoms with Gasteiger partial charge in [0.15, 0.2) is 0 Å². The third-order valence-corrected chi connectivity index (χ3v) is 4.11. The van der Waals surface area contributed by atoms with Crippen molar-refractivity contribution in [3.63, 3.8) is 0 Å². The van der Waals surface area contributed by atoms with Crippen molar-refractivity contribution >= 4 is 11.6 Å². The quantitative estimate of drug-likeness (QED) is 0.873. The molecule has 1 aromatic carbocycles. The lowest BCUT2D eigenvalue weighted by molar-refractivity contribution is -0.122. The highest BCUT2D eigenvalue weighted by molar-refractivity contribution is 5.98. The van der Waals surface area contributed by atoms with E-state index in [0.29, 0.717) is 13.2 Å². The van der Waals surface area contributed by atoms with Crippen LogP contribution in [0.5, 0.6) is 5.75 Å². The van der Waals surface area contributed by atoms with Crippen molar-refractivity contribution in [3.8, 4) is 5.75 Å². The summed E-state index contributed by atoms with van der Waals surface area (Å²) < 4.78 is 10.7. The lowest BCUT2D eigenvalue weighted by atomic mass is 9.97. The summed E-state index contributed by atoms with van der Waals surface area (Å²) in [5.74, 6) is 0.564. The van der Waals surface area contributed by atoms with Crippen LogP contribution in [0, 0.1) is 5.92 Å². The predicted octanol–water partition coefficient (Wildman–Crippen LogP) is 0.948. The molecule has 0 spiro atoms. The maximum Gasteiger partial charge on any atom is 0.234 e. The van der Waals surface area contributed by atoms with E-state index in [1.165, 1.54) is 0 Å².